The van der Waals surface area contributed by atoms with E-state index in [1.54, 1.807) is 0 Å². The first-order chi connectivity index (χ1) is 5.77. The van der Waals surface area contributed by atoms with Gasteiger partial charge in [0.15, 0.2) is 0 Å². The van der Waals surface area contributed by atoms with Gasteiger partial charge in [0.2, 0.25) is 0 Å². The fourth-order valence-electron chi connectivity index (χ4n) is 1.12. The second-order valence-corrected chi connectivity index (χ2v) is 3.72. The van der Waals surface area contributed by atoms with Crippen LogP contribution >= 0.6 is 0 Å². The van der Waals surface area contributed by atoms with Crippen molar-refractivity contribution in [3.63, 3.8) is 0 Å². The van der Waals surface area contributed by atoms with Crippen LogP contribution < -0.4 is 5.32 Å². The van der Waals surface area contributed by atoms with Gasteiger partial charge in [0.1, 0.15) is 0 Å². The van der Waals surface area contributed by atoms with Crippen LogP contribution in [0, 0.1) is 5.92 Å². The van der Waals surface area contributed by atoms with E-state index >= 15 is 0 Å². The lowest BCUT2D eigenvalue weighted by molar-refractivity contribution is 0.283. The van der Waals surface area contributed by atoms with Gasteiger partial charge < -0.3 is 10.4 Å². The van der Waals surface area contributed by atoms with E-state index in [4.69, 9.17) is 5.11 Å². The number of nitrogens with one attached hydrogen (secondary N) is 1. The van der Waals surface area contributed by atoms with Gasteiger partial charge in [0.05, 0.1) is 0 Å². The Hall–Kier alpha value is -0.0800. The highest BCUT2D eigenvalue weighted by molar-refractivity contribution is 4.51. The molecule has 0 radical (unpaired) electrons. The van der Waals surface area contributed by atoms with Gasteiger partial charge in [-0.1, -0.05) is 13.8 Å². The van der Waals surface area contributed by atoms with Crippen LogP contribution in [0.15, 0.2) is 0 Å². The molecule has 0 aliphatic rings. The molecule has 2 heteroatoms. The number of aliphatic hydroxyl groups is 1. The zero-order valence-electron chi connectivity index (χ0n) is 8.47. The normalized spacial score (nSPS) is 11.0. The van der Waals surface area contributed by atoms with Crippen molar-refractivity contribution in [1.82, 2.24) is 5.32 Å². The van der Waals surface area contributed by atoms with E-state index in [2.05, 4.69) is 19.2 Å². The molecule has 0 aromatic heterocycles. The van der Waals surface area contributed by atoms with Gasteiger partial charge in [0.25, 0.3) is 0 Å². The third-order valence-electron chi connectivity index (χ3n) is 1.90. The molecule has 0 spiro atoms. The Kier molecular flexibility index (Phi) is 8.95. The van der Waals surface area contributed by atoms with Gasteiger partial charge in [-0.25, -0.2) is 0 Å². The van der Waals surface area contributed by atoms with E-state index in [-0.39, 0.29) is 0 Å². The summed E-state index contributed by atoms with van der Waals surface area (Å²) in [6.45, 7) is 7.02. The summed E-state index contributed by atoms with van der Waals surface area (Å²) in [7, 11) is 0. The zero-order chi connectivity index (χ0) is 9.23. The SMILES string of the molecule is CC(C)CCCNCCCCO. The standard InChI is InChI=1S/C10H23NO/c1-10(2)6-5-8-11-7-3-4-9-12/h10-12H,3-9H2,1-2H3. The highest BCUT2D eigenvalue weighted by Gasteiger charge is 1.92. The van der Waals surface area contributed by atoms with Crippen molar-refractivity contribution < 1.29 is 5.11 Å². The molecule has 2 N–H and O–H groups in total. The Labute approximate surface area is 76.4 Å². The number of hydrogen-bond acceptors (Lipinski definition) is 2. The minimum Gasteiger partial charge on any atom is -0.396 e. The Bertz CT molecular complexity index is 83.9. The molecule has 74 valence electrons. The molecule has 0 amide bonds. The van der Waals surface area contributed by atoms with Crippen LogP contribution in [0.25, 0.3) is 0 Å². The molecule has 0 fully saturated rings. The summed E-state index contributed by atoms with van der Waals surface area (Å²) in [6, 6.07) is 0. The van der Waals surface area contributed by atoms with Crippen LogP contribution in [0.3, 0.4) is 0 Å². The van der Waals surface area contributed by atoms with E-state index in [0.717, 1.165) is 31.8 Å². The minimum atomic E-state index is 0.327. The number of rotatable bonds is 8. The van der Waals surface area contributed by atoms with Crippen LogP contribution in [-0.2, 0) is 0 Å². The van der Waals surface area contributed by atoms with Gasteiger partial charge in [-0.05, 0) is 44.7 Å². The van der Waals surface area contributed by atoms with E-state index in [1.165, 1.54) is 12.8 Å². The van der Waals surface area contributed by atoms with Crippen molar-refractivity contribution in [2.45, 2.75) is 39.5 Å². The number of hydrogen-bond donors (Lipinski definition) is 2. The van der Waals surface area contributed by atoms with E-state index in [1.807, 2.05) is 0 Å². The van der Waals surface area contributed by atoms with Crippen molar-refractivity contribution in [3.8, 4) is 0 Å². The average molecular weight is 173 g/mol. The van der Waals surface area contributed by atoms with E-state index in [9.17, 15) is 0 Å². The smallest absolute Gasteiger partial charge is 0.0431 e. The third-order valence-corrected chi connectivity index (χ3v) is 1.90. The maximum atomic E-state index is 8.51. The average Bonchev–Trinajstić information content (AvgIpc) is 2.02. The molecule has 0 unspecified atom stereocenters. The first-order valence-electron chi connectivity index (χ1n) is 5.09. The van der Waals surface area contributed by atoms with Crippen molar-refractivity contribution >= 4 is 0 Å². The van der Waals surface area contributed by atoms with Crippen LogP contribution in [0.2, 0.25) is 0 Å². The summed E-state index contributed by atoms with van der Waals surface area (Å²) in [6.07, 6.45) is 4.61. The largest absolute Gasteiger partial charge is 0.396 e. The lowest BCUT2D eigenvalue weighted by Crippen LogP contribution is -2.17. The van der Waals surface area contributed by atoms with Crippen molar-refractivity contribution in [3.05, 3.63) is 0 Å². The lowest BCUT2D eigenvalue weighted by Gasteiger charge is -2.05. The van der Waals surface area contributed by atoms with Crippen LogP contribution in [0.5, 0.6) is 0 Å². The molecule has 12 heavy (non-hydrogen) atoms. The summed E-state index contributed by atoms with van der Waals surface area (Å²) in [5, 5.41) is 11.9. The van der Waals surface area contributed by atoms with Gasteiger partial charge in [-0.15, -0.1) is 0 Å². The molecular formula is C10H23NO. The van der Waals surface area contributed by atoms with Crippen LogP contribution in [-0.4, -0.2) is 24.8 Å². The molecule has 0 heterocycles. The molecule has 0 saturated carbocycles. The molecule has 0 aromatic carbocycles. The Morgan fingerprint density at radius 2 is 1.75 bits per heavy atom. The van der Waals surface area contributed by atoms with Gasteiger partial charge in [0, 0.05) is 6.61 Å². The maximum Gasteiger partial charge on any atom is 0.0431 e. The molecule has 0 atom stereocenters. The molecule has 0 aromatic rings. The molecule has 0 aliphatic carbocycles. The monoisotopic (exact) mass is 173 g/mol. The first kappa shape index (κ1) is 11.9. The van der Waals surface area contributed by atoms with Gasteiger partial charge in [-0.3, -0.25) is 0 Å². The van der Waals surface area contributed by atoms with Gasteiger partial charge in [-0.2, -0.15) is 0 Å². The number of unbranched alkanes of at least 4 members (excludes halogenated alkanes) is 1. The van der Waals surface area contributed by atoms with Crippen LogP contribution in [0.1, 0.15) is 39.5 Å². The summed E-state index contributed by atoms with van der Waals surface area (Å²) < 4.78 is 0. The molecular weight excluding hydrogens is 150 g/mol. The molecule has 0 rings (SSSR count). The third kappa shape index (κ3) is 9.92. The molecule has 0 bridgehead atoms. The Morgan fingerprint density at radius 3 is 2.33 bits per heavy atom. The van der Waals surface area contributed by atoms with Crippen molar-refractivity contribution in [1.29, 1.82) is 0 Å². The Morgan fingerprint density at radius 1 is 1.08 bits per heavy atom. The maximum absolute atomic E-state index is 8.51. The summed E-state index contributed by atoms with van der Waals surface area (Å²) in [5.74, 6) is 0.823. The lowest BCUT2D eigenvalue weighted by atomic mass is 10.1. The highest BCUT2D eigenvalue weighted by atomic mass is 16.2. The molecule has 0 saturated heterocycles. The predicted molar refractivity (Wildman–Crippen MR) is 53.3 cm³/mol. The van der Waals surface area contributed by atoms with Crippen LogP contribution in [0.4, 0.5) is 0 Å². The van der Waals surface area contributed by atoms with Crippen molar-refractivity contribution in [2.75, 3.05) is 19.7 Å². The van der Waals surface area contributed by atoms with E-state index in [0.29, 0.717) is 6.61 Å². The minimum absolute atomic E-state index is 0.327. The zero-order valence-corrected chi connectivity index (χ0v) is 8.47. The Balaban J connectivity index is 2.82. The number of aliphatic hydroxyl groups excluding tert-OH is 1. The quantitative estimate of drug-likeness (QED) is 0.548. The molecule has 2 nitrogen and oxygen atoms in total. The summed E-state index contributed by atoms with van der Waals surface area (Å²) >= 11 is 0. The topological polar surface area (TPSA) is 32.3 Å². The second-order valence-electron chi connectivity index (χ2n) is 3.72. The second kappa shape index (κ2) is 9.01. The first-order valence-corrected chi connectivity index (χ1v) is 5.09. The highest BCUT2D eigenvalue weighted by Crippen LogP contribution is 2.01. The van der Waals surface area contributed by atoms with Crippen molar-refractivity contribution in [2.24, 2.45) is 5.92 Å². The summed E-state index contributed by atoms with van der Waals surface area (Å²) in [4.78, 5) is 0. The van der Waals surface area contributed by atoms with Gasteiger partial charge >= 0.3 is 0 Å². The summed E-state index contributed by atoms with van der Waals surface area (Å²) in [5.41, 5.74) is 0. The predicted octanol–water partition coefficient (Wildman–Crippen LogP) is 1.78. The fraction of sp³-hybridized carbons (Fsp3) is 1.00. The van der Waals surface area contributed by atoms with E-state index < -0.39 is 0 Å². The fourth-order valence-corrected chi connectivity index (χ4v) is 1.12. The molecule has 0 aliphatic heterocycles.